The van der Waals surface area contributed by atoms with E-state index in [0.29, 0.717) is 0 Å². The van der Waals surface area contributed by atoms with Gasteiger partial charge in [0.15, 0.2) is 0 Å². The summed E-state index contributed by atoms with van der Waals surface area (Å²) in [5.74, 6) is 0. The van der Waals surface area contributed by atoms with Crippen molar-refractivity contribution in [1.82, 2.24) is 14.9 Å². The second kappa shape index (κ2) is 5.09. The highest BCUT2D eigenvalue weighted by Crippen LogP contribution is 2.04. The van der Waals surface area contributed by atoms with E-state index in [2.05, 4.69) is 33.3 Å². The van der Waals surface area contributed by atoms with Crippen molar-refractivity contribution < 1.29 is 0 Å². The summed E-state index contributed by atoms with van der Waals surface area (Å²) >= 11 is 1.72. The molecule has 0 unspecified atom stereocenters. The lowest BCUT2D eigenvalue weighted by Gasteiger charge is -2.00. The van der Waals surface area contributed by atoms with Crippen molar-refractivity contribution in [2.24, 2.45) is 7.05 Å². The van der Waals surface area contributed by atoms with E-state index >= 15 is 0 Å². The molecule has 0 aliphatic heterocycles. The van der Waals surface area contributed by atoms with Gasteiger partial charge in [0, 0.05) is 50.5 Å². The molecule has 2 heterocycles. The number of nitrogens with zero attached hydrogens (tertiary/aromatic N) is 2. The van der Waals surface area contributed by atoms with Crippen LogP contribution in [0.15, 0.2) is 30.0 Å². The van der Waals surface area contributed by atoms with Crippen molar-refractivity contribution in [3.8, 4) is 0 Å². The Morgan fingerprint density at radius 2 is 2.47 bits per heavy atom. The van der Waals surface area contributed by atoms with E-state index in [1.807, 2.05) is 18.6 Å². The van der Waals surface area contributed by atoms with Gasteiger partial charge in [-0.15, -0.1) is 11.3 Å². The topological polar surface area (TPSA) is 29.9 Å². The fourth-order valence-electron chi connectivity index (χ4n) is 1.47. The fourth-order valence-corrected chi connectivity index (χ4v) is 2.09. The van der Waals surface area contributed by atoms with Gasteiger partial charge in [-0.3, -0.25) is 0 Å². The largest absolute Gasteiger partial charge is 0.357 e. The van der Waals surface area contributed by atoms with Crippen LogP contribution in [-0.4, -0.2) is 16.1 Å². The first-order valence-corrected chi connectivity index (χ1v) is 5.92. The number of aryl methyl sites for hydroxylation is 1. The second-order valence-electron chi connectivity index (χ2n) is 3.54. The molecule has 2 aromatic rings. The molecule has 0 saturated heterocycles. The van der Waals surface area contributed by atoms with Gasteiger partial charge in [0.2, 0.25) is 0 Å². The third kappa shape index (κ3) is 3.18. The van der Waals surface area contributed by atoms with Crippen molar-refractivity contribution in [2.75, 3.05) is 6.54 Å². The van der Waals surface area contributed by atoms with Crippen molar-refractivity contribution in [3.05, 3.63) is 40.6 Å². The zero-order valence-electron chi connectivity index (χ0n) is 8.81. The van der Waals surface area contributed by atoms with E-state index in [4.69, 9.17) is 0 Å². The fraction of sp³-hybridized carbons (Fsp3) is 0.364. The molecule has 0 spiro atoms. The molecule has 0 amide bonds. The van der Waals surface area contributed by atoms with Crippen LogP contribution in [0.5, 0.6) is 0 Å². The van der Waals surface area contributed by atoms with Gasteiger partial charge in [-0.05, 0) is 11.6 Å². The van der Waals surface area contributed by atoms with Crippen LogP contribution in [0.25, 0.3) is 0 Å². The Kier molecular flexibility index (Phi) is 3.53. The van der Waals surface area contributed by atoms with Gasteiger partial charge in [0.05, 0.1) is 5.01 Å². The minimum atomic E-state index is 0.937. The molecule has 1 N–H and O–H groups in total. The summed E-state index contributed by atoms with van der Waals surface area (Å²) in [6.45, 7) is 1.93. The minimum Gasteiger partial charge on any atom is -0.357 e. The average molecular weight is 221 g/mol. The molecule has 0 aromatic carbocycles. The first-order chi connectivity index (χ1) is 7.34. The Bertz CT molecular complexity index is 392. The van der Waals surface area contributed by atoms with E-state index < -0.39 is 0 Å². The zero-order chi connectivity index (χ0) is 10.5. The summed E-state index contributed by atoms with van der Waals surface area (Å²) in [5, 5.41) is 6.63. The third-order valence-corrected chi connectivity index (χ3v) is 3.06. The van der Waals surface area contributed by atoms with Crippen LogP contribution >= 0.6 is 11.3 Å². The van der Waals surface area contributed by atoms with Crippen LogP contribution in [0.3, 0.4) is 0 Å². The van der Waals surface area contributed by atoms with Crippen molar-refractivity contribution in [1.29, 1.82) is 0 Å². The maximum atomic E-state index is 4.24. The Labute approximate surface area is 93.8 Å². The first kappa shape index (κ1) is 10.4. The predicted molar refractivity (Wildman–Crippen MR) is 62.9 cm³/mol. The van der Waals surface area contributed by atoms with Crippen LogP contribution in [0.2, 0.25) is 0 Å². The molecule has 0 fully saturated rings. The smallest absolute Gasteiger partial charge is 0.0937 e. The van der Waals surface area contributed by atoms with Crippen molar-refractivity contribution in [2.45, 2.75) is 13.0 Å². The quantitative estimate of drug-likeness (QED) is 0.780. The number of hydrogen-bond acceptors (Lipinski definition) is 3. The molecule has 80 valence electrons. The van der Waals surface area contributed by atoms with Crippen LogP contribution in [0.1, 0.15) is 10.6 Å². The highest BCUT2D eigenvalue weighted by Gasteiger charge is 1.96. The number of nitrogens with one attached hydrogen (secondary N) is 1. The highest BCUT2D eigenvalue weighted by atomic mass is 32.1. The maximum absolute atomic E-state index is 4.24. The summed E-state index contributed by atoms with van der Waals surface area (Å²) in [6.07, 6.45) is 7.08. The molecule has 2 aromatic heterocycles. The van der Waals surface area contributed by atoms with Gasteiger partial charge in [0.1, 0.15) is 0 Å². The van der Waals surface area contributed by atoms with E-state index in [1.165, 1.54) is 10.6 Å². The SMILES string of the molecule is Cn1ccc(CNCCc2nccs2)c1. The Hall–Kier alpha value is -1.13. The van der Waals surface area contributed by atoms with Gasteiger partial charge in [0.25, 0.3) is 0 Å². The monoisotopic (exact) mass is 221 g/mol. The molecule has 0 aliphatic rings. The Morgan fingerprint density at radius 3 is 3.13 bits per heavy atom. The molecule has 0 saturated carbocycles. The van der Waals surface area contributed by atoms with Crippen LogP contribution in [0, 0.1) is 0 Å². The van der Waals surface area contributed by atoms with Crippen LogP contribution in [0.4, 0.5) is 0 Å². The molecule has 0 atom stereocenters. The lowest BCUT2D eigenvalue weighted by Crippen LogP contribution is -2.16. The van der Waals surface area contributed by atoms with Gasteiger partial charge < -0.3 is 9.88 Å². The lowest BCUT2D eigenvalue weighted by molar-refractivity contribution is 0.684. The summed E-state index contributed by atoms with van der Waals surface area (Å²) < 4.78 is 2.07. The summed E-state index contributed by atoms with van der Waals surface area (Å²) in [5.41, 5.74) is 1.33. The number of hydrogen-bond donors (Lipinski definition) is 1. The Morgan fingerprint density at radius 1 is 1.53 bits per heavy atom. The Balaban J connectivity index is 1.67. The van der Waals surface area contributed by atoms with Crippen molar-refractivity contribution >= 4 is 11.3 Å². The van der Waals surface area contributed by atoms with Gasteiger partial charge in [-0.1, -0.05) is 0 Å². The minimum absolute atomic E-state index is 0.937. The molecule has 0 aliphatic carbocycles. The number of thiazole rings is 1. The molecule has 4 heteroatoms. The van der Waals surface area contributed by atoms with Crippen LogP contribution < -0.4 is 5.32 Å². The summed E-state index contributed by atoms with van der Waals surface area (Å²) in [7, 11) is 2.04. The van der Waals surface area contributed by atoms with E-state index in [0.717, 1.165) is 19.5 Å². The molecule has 2 rings (SSSR count). The first-order valence-electron chi connectivity index (χ1n) is 5.04. The summed E-state index contributed by atoms with van der Waals surface area (Å²) in [6, 6.07) is 2.14. The van der Waals surface area contributed by atoms with Gasteiger partial charge >= 0.3 is 0 Å². The van der Waals surface area contributed by atoms with E-state index in [1.54, 1.807) is 11.3 Å². The van der Waals surface area contributed by atoms with Gasteiger partial charge in [-0.25, -0.2) is 4.98 Å². The molecule has 0 bridgehead atoms. The van der Waals surface area contributed by atoms with E-state index in [9.17, 15) is 0 Å². The van der Waals surface area contributed by atoms with Crippen molar-refractivity contribution in [3.63, 3.8) is 0 Å². The second-order valence-corrected chi connectivity index (χ2v) is 4.52. The zero-order valence-corrected chi connectivity index (χ0v) is 9.63. The predicted octanol–water partition coefficient (Wildman–Crippen LogP) is 1.81. The van der Waals surface area contributed by atoms with Crippen LogP contribution in [-0.2, 0) is 20.0 Å². The normalized spacial score (nSPS) is 10.7. The third-order valence-electron chi connectivity index (χ3n) is 2.22. The number of aromatic nitrogens is 2. The lowest BCUT2D eigenvalue weighted by atomic mass is 10.3. The number of rotatable bonds is 5. The molecular formula is C11H15N3S. The summed E-state index contributed by atoms with van der Waals surface area (Å²) in [4.78, 5) is 4.24. The van der Waals surface area contributed by atoms with Gasteiger partial charge in [-0.2, -0.15) is 0 Å². The molecule has 15 heavy (non-hydrogen) atoms. The average Bonchev–Trinajstić information content (AvgIpc) is 2.84. The molecule has 0 radical (unpaired) electrons. The van der Waals surface area contributed by atoms with E-state index in [-0.39, 0.29) is 0 Å². The highest BCUT2D eigenvalue weighted by molar-refractivity contribution is 7.09. The molecular weight excluding hydrogens is 206 g/mol. The maximum Gasteiger partial charge on any atom is 0.0937 e. The molecule has 3 nitrogen and oxygen atoms in total. The standard InChI is InChI=1S/C11H15N3S/c1-14-6-3-10(9-14)8-12-4-2-11-13-5-7-15-11/h3,5-7,9,12H,2,4,8H2,1H3.